The summed E-state index contributed by atoms with van der Waals surface area (Å²) in [5.41, 5.74) is 8.51. The lowest BCUT2D eigenvalue weighted by Crippen LogP contribution is -2.34. The maximum atomic E-state index is 12.1. The van der Waals surface area contributed by atoms with E-state index in [9.17, 15) is 4.79 Å². The van der Waals surface area contributed by atoms with Gasteiger partial charge in [0.1, 0.15) is 11.9 Å². The summed E-state index contributed by atoms with van der Waals surface area (Å²) in [7, 11) is 0. The zero-order chi connectivity index (χ0) is 14.8. The molecule has 4 N–H and O–H groups in total. The van der Waals surface area contributed by atoms with Gasteiger partial charge in [0, 0.05) is 6.42 Å². The number of nitrogens with zero attached hydrogens (tertiary/aromatic N) is 1. The van der Waals surface area contributed by atoms with E-state index >= 15 is 0 Å². The second kappa shape index (κ2) is 5.47. The standard InChI is InChI=1S/C15H18N4O2/c1-2-11-13(16)14(19-18-11)15(20)17-8-10-7-9-5-3-4-6-12(9)21-10/h3-6,10H,2,7-8,16H2,1H3,(H,17,20)(H,18,19). The van der Waals surface area contributed by atoms with Crippen molar-refractivity contribution in [1.29, 1.82) is 0 Å². The van der Waals surface area contributed by atoms with Crippen LogP contribution in [0.4, 0.5) is 5.69 Å². The van der Waals surface area contributed by atoms with Crippen molar-refractivity contribution >= 4 is 11.6 Å². The second-order valence-corrected chi connectivity index (χ2v) is 5.08. The number of carbonyl (C=O) groups is 1. The summed E-state index contributed by atoms with van der Waals surface area (Å²) in [6, 6.07) is 7.91. The molecule has 1 aromatic carbocycles. The minimum absolute atomic E-state index is 0.0443. The SMILES string of the molecule is CCc1[nH]nc(C(=O)NCC2Cc3ccccc3O2)c1N. The lowest BCUT2D eigenvalue weighted by Gasteiger charge is -2.11. The minimum Gasteiger partial charge on any atom is -0.488 e. The Morgan fingerprint density at radius 2 is 2.33 bits per heavy atom. The largest absolute Gasteiger partial charge is 0.488 e. The molecule has 1 atom stereocenters. The fourth-order valence-electron chi connectivity index (χ4n) is 2.49. The van der Waals surface area contributed by atoms with Gasteiger partial charge in [-0.1, -0.05) is 25.1 Å². The topological polar surface area (TPSA) is 93.0 Å². The first-order chi connectivity index (χ1) is 10.2. The van der Waals surface area contributed by atoms with Crippen LogP contribution in [0.1, 0.15) is 28.7 Å². The molecule has 0 aliphatic carbocycles. The van der Waals surface area contributed by atoms with Crippen molar-refractivity contribution in [3.05, 3.63) is 41.2 Å². The average Bonchev–Trinajstić information content (AvgIpc) is 3.07. The van der Waals surface area contributed by atoms with Crippen molar-refractivity contribution < 1.29 is 9.53 Å². The van der Waals surface area contributed by atoms with Crippen molar-refractivity contribution in [2.75, 3.05) is 12.3 Å². The Balaban J connectivity index is 1.59. The molecule has 0 bridgehead atoms. The molecule has 1 amide bonds. The van der Waals surface area contributed by atoms with Gasteiger partial charge in [0.05, 0.1) is 17.9 Å². The van der Waals surface area contributed by atoms with Gasteiger partial charge in [-0.25, -0.2) is 0 Å². The van der Waals surface area contributed by atoms with E-state index in [0.29, 0.717) is 18.7 Å². The van der Waals surface area contributed by atoms with Gasteiger partial charge < -0.3 is 15.8 Å². The molecule has 0 spiro atoms. The van der Waals surface area contributed by atoms with Crippen LogP contribution in [0.15, 0.2) is 24.3 Å². The Morgan fingerprint density at radius 3 is 3.05 bits per heavy atom. The monoisotopic (exact) mass is 286 g/mol. The van der Waals surface area contributed by atoms with Crippen molar-refractivity contribution in [2.45, 2.75) is 25.9 Å². The molecule has 0 saturated carbocycles. The highest BCUT2D eigenvalue weighted by Gasteiger charge is 2.24. The van der Waals surface area contributed by atoms with E-state index in [1.165, 1.54) is 5.56 Å². The molecule has 1 aliphatic heterocycles. The summed E-state index contributed by atoms with van der Waals surface area (Å²) in [6.07, 6.45) is 1.47. The van der Waals surface area contributed by atoms with Crippen molar-refractivity contribution in [2.24, 2.45) is 0 Å². The Bertz CT molecular complexity index is 640. The number of nitrogens with two attached hydrogens (primary N) is 1. The van der Waals surface area contributed by atoms with E-state index in [2.05, 4.69) is 15.5 Å². The van der Waals surface area contributed by atoms with Crippen LogP contribution in [0, 0.1) is 0 Å². The number of nitrogen functional groups attached to an aromatic ring is 1. The van der Waals surface area contributed by atoms with Crippen LogP contribution in [0.2, 0.25) is 0 Å². The normalized spacial score (nSPS) is 16.3. The molecule has 0 fully saturated rings. The Hall–Kier alpha value is -2.50. The summed E-state index contributed by atoms with van der Waals surface area (Å²) in [5, 5.41) is 9.58. The molecular formula is C15H18N4O2. The zero-order valence-corrected chi connectivity index (χ0v) is 11.8. The number of hydrogen-bond donors (Lipinski definition) is 3. The fourth-order valence-corrected chi connectivity index (χ4v) is 2.49. The lowest BCUT2D eigenvalue weighted by molar-refractivity contribution is 0.0929. The van der Waals surface area contributed by atoms with Gasteiger partial charge in [0.25, 0.3) is 5.91 Å². The van der Waals surface area contributed by atoms with Crippen molar-refractivity contribution in [3.8, 4) is 5.75 Å². The molecule has 3 rings (SSSR count). The molecular weight excluding hydrogens is 268 g/mol. The van der Waals surface area contributed by atoms with E-state index in [0.717, 1.165) is 17.9 Å². The van der Waals surface area contributed by atoms with Gasteiger partial charge in [-0.05, 0) is 18.1 Å². The fraction of sp³-hybridized carbons (Fsp3) is 0.333. The zero-order valence-electron chi connectivity index (χ0n) is 11.8. The number of hydrogen-bond acceptors (Lipinski definition) is 4. The molecule has 110 valence electrons. The molecule has 6 nitrogen and oxygen atoms in total. The maximum absolute atomic E-state index is 12.1. The molecule has 2 heterocycles. The second-order valence-electron chi connectivity index (χ2n) is 5.08. The number of H-pyrrole nitrogens is 1. The summed E-state index contributed by atoms with van der Waals surface area (Å²) in [6.45, 7) is 2.39. The van der Waals surface area contributed by atoms with Gasteiger partial charge in [-0.15, -0.1) is 0 Å². The number of para-hydroxylation sites is 1. The van der Waals surface area contributed by atoms with Gasteiger partial charge in [-0.3, -0.25) is 9.89 Å². The highest BCUT2D eigenvalue weighted by molar-refractivity contribution is 5.97. The molecule has 0 radical (unpaired) electrons. The minimum atomic E-state index is -0.275. The highest BCUT2D eigenvalue weighted by atomic mass is 16.5. The van der Waals surface area contributed by atoms with Crippen molar-refractivity contribution in [1.82, 2.24) is 15.5 Å². The third kappa shape index (κ3) is 2.56. The quantitative estimate of drug-likeness (QED) is 0.789. The number of anilines is 1. The Kier molecular flexibility index (Phi) is 3.51. The first-order valence-corrected chi connectivity index (χ1v) is 7.04. The van der Waals surface area contributed by atoms with Crippen LogP contribution in [0.3, 0.4) is 0 Å². The molecule has 1 unspecified atom stereocenters. The third-order valence-corrected chi connectivity index (χ3v) is 3.66. The predicted octanol–water partition coefficient (Wildman–Crippen LogP) is 1.29. The van der Waals surface area contributed by atoms with E-state index in [1.54, 1.807) is 0 Å². The average molecular weight is 286 g/mol. The number of aromatic nitrogens is 2. The molecule has 2 aromatic rings. The molecule has 1 aliphatic rings. The molecule has 1 aromatic heterocycles. The van der Waals surface area contributed by atoms with Crippen LogP contribution in [0.25, 0.3) is 0 Å². The number of carbonyl (C=O) groups excluding carboxylic acids is 1. The van der Waals surface area contributed by atoms with Crippen LogP contribution in [-0.4, -0.2) is 28.8 Å². The van der Waals surface area contributed by atoms with E-state index in [-0.39, 0.29) is 17.7 Å². The van der Waals surface area contributed by atoms with Crippen LogP contribution >= 0.6 is 0 Å². The number of nitrogens with one attached hydrogen (secondary N) is 2. The summed E-state index contributed by atoms with van der Waals surface area (Å²) < 4.78 is 5.78. The predicted molar refractivity (Wildman–Crippen MR) is 79.3 cm³/mol. The van der Waals surface area contributed by atoms with E-state index in [1.807, 2.05) is 31.2 Å². The number of fused-ring (bicyclic) bond motifs is 1. The van der Waals surface area contributed by atoms with E-state index < -0.39 is 0 Å². The summed E-state index contributed by atoms with van der Waals surface area (Å²) in [5.74, 6) is 0.618. The highest BCUT2D eigenvalue weighted by Crippen LogP contribution is 2.27. The number of amides is 1. The van der Waals surface area contributed by atoms with Crippen LogP contribution in [-0.2, 0) is 12.8 Å². The van der Waals surface area contributed by atoms with E-state index in [4.69, 9.17) is 10.5 Å². The number of aromatic amines is 1. The summed E-state index contributed by atoms with van der Waals surface area (Å²) in [4.78, 5) is 12.1. The first kappa shape index (κ1) is 13.5. The summed E-state index contributed by atoms with van der Waals surface area (Å²) >= 11 is 0. The Morgan fingerprint density at radius 1 is 1.52 bits per heavy atom. The van der Waals surface area contributed by atoms with Crippen LogP contribution in [0.5, 0.6) is 5.75 Å². The number of benzene rings is 1. The molecule has 21 heavy (non-hydrogen) atoms. The Labute approximate surface area is 122 Å². The van der Waals surface area contributed by atoms with Gasteiger partial charge in [0.2, 0.25) is 0 Å². The maximum Gasteiger partial charge on any atom is 0.274 e. The number of aryl methyl sites for hydroxylation is 1. The molecule has 0 saturated heterocycles. The van der Waals surface area contributed by atoms with Gasteiger partial charge in [0.15, 0.2) is 5.69 Å². The third-order valence-electron chi connectivity index (χ3n) is 3.66. The molecule has 6 heteroatoms. The van der Waals surface area contributed by atoms with Gasteiger partial charge in [-0.2, -0.15) is 5.10 Å². The number of rotatable bonds is 4. The smallest absolute Gasteiger partial charge is 0.274 e. The number of ether oxygens (including phenoxy) is 1. The van der Waals surface area contributed by atoms with Gasteiger partial charge >= 0.3 is 0 Å². The van der Waals surface area contributed by atoms with Crippen LogP contribution < -0.4 is 15.8 Å². The van der Waals surface area contributed by atoms with Crippen molar-refractivity contribution in [3.63, 3.8) is 0 Å². The first-order valence-electron chi connectivity index (χ1n) is 7.04. The lowest BCUT2D eigenvalue weighted by atomic mass is 10.1.